The quantitative estimate of drug-likeness (QED) is 0.121. The largest absolute Gasteiger partial charge is 0.348 e. The molecule has 174 valence electrons. The molecule has 0 aromatic carbocycles. The number of likely N-dealkylation sites (N-methyl/N-ethyl adjacent to an activating group) is 1. The summed E-state index contributed by atoms with van der Waals surface area (Å²) in [6, 6.07) is 0.0730. The molecule has 0 fully saturated rings. The molecule has 4 heteroatoms. The van der Waals surface area contributed by atoms with E-state index in [2.05, 4.69) is 19.2 Å². The molecule has 0 spiro atoms. The maximum atomic E-state index is 12.1. The van der Waals surface area contributed by atoms with Crippen LogP contribution in [0.3, 0.4) is 0 Å². The van der Waals surface area contributed by atoms with Crippen molar-refractivity contribution >= 4 is 5.91 Å². The second-order valence-corrected chi connectivity index (χ2v) is 9.56. The van der Waals surface area contributed by atoms with Gasteiger partial charge in [0.25, 0.3) is 0 Å². The summed E-state index contributed by atoms with van der Waals surface area (Å²) >= 11 is 0. The zero-order valence-electron chi connectivity index (χ0n) is 20.3. The highest BCUT2D eigenvalue weighted by Crippen LogP contribution is 2.14. The number of hydrogen-bond donors (Lipinski definition) is 2. The van der Waals surface area contributed by atoms with E-state index in [-0.39, 0.29) is 16.6 Å². The molecule has 1 unspecified atom stereocenters. The predicted molar refractivity (Wildman–Crippen MR) is 125 cm³/mol. The topological polar surface area (TPSA) is 49.3 Å². The number of carbonyl (C=O) groups excluding carboxylic acids is 1. The first kappa shape index (κ1) is 28.4. The molecular formula is C25H53N2O2+. The molecule has 4 nitrogen and oxygen atoms in total. The lowest BCUT2D eigenvalue weighted by Crippen LogP contribution is -2.49. The number of amides is 1. The van der Waals surface area contributed by atoms with E-state index in [1.54, 1.807) is 14.1 Å². The number of hydrogen-bond acceptors (Lipinski definition) is 2. The SMILES string of the molecule is CCCCCCCCCCCCCCCCCC(=O)NC(CCC)C[N+](C)(C)O. The van der Waals surface area contributed by atoms with Gasteiger partial charge in [0.2, 0.25) is 5.91 Å². The summed E-state index contributed by atoms with van der Waals surface area (Å²) in [6.07, 6.45) is 22.7. The predicted octanol–water partition coefficient (Wildman–Crippen LogP) is 7.00. The van der Waals surface area contributed by atoms with Crippen LogP contribution in [0.25, 0.3) is 0 Å². The molecule has 0 heterocycles. The molecule has 0 rings (SSSR count). The van der Waals surface area contributed by atoms with Crippen LogP contribution >= 0.6 is 0 Å². The van der Waals surface area contributed by atoms with Crippen molar-refractivity contribution in [2.75, 3.05) is 20.6 Å². The van der Waals surface area contributed by atoms with Gasteiger partial charge in [-0.3, -0.25) is 4.79 Å². The van der Waals surface area contributed by atoms with Gasteiger partial charge in [-0.1, -0.05) is 110 Å². The van der Waals surface area contributed by atoms with Crippen LogP contribution in [0.15, 0.2) is 0 Å². The lowest BCUT2D eigenvalue weighted by atomic mass is 10.0. The minimum atomic E-state index is -0.0933. The number of rotatable bonds is 21. The first-order chi connectivity index (χ1) is 13.9. The molecule has 29 heavy (non-hydrogen) atoms. The fourth-order valence-electron chi connectivity index (χ4n) is 4.05. The number of nitrogens with zero attached hydrogens (tertiary/aromatic N) is 1. The summed E-state index contributed by atoms with van der Waals surface area (Å²) in [7, 11) is 3.51. The van der Waals surface area contributed by atoms with Crippen molar-refractivity contribution in [3.63, 3.8) is 0 Å². The molecule has 0 bridgehead atoms. The molecular weight excluding hydrogens is 360 g/mol. The molecule has 0 saturated carbocycles. The Bertz CT molecular complexity index is 366. The summed E-state index contributed by atoms with van der Waals surface area (Å²) in [5.74, 6) is 0.145. The molecule has 0 aliphatic carbocycles. The zero-order chi connectivity index (χ0) is 21.8. The van der Waals surface area contributed by atoms with Gasteiger partial charge in [0.1, 0.15) is 6.54 Å². The molecule has 0 aromatic heterocycles. The van der Waals surface area contributed by atoms with Crippen LogP contribution in [0.4, 0.5) is 0 Å². The zero-order valence-corrected chi connectivity index (χ0v) is 20.3. The molecule has 0 saturated heterocycles. The minimum absolute atomic E-state index is 0.0730. The molecule has 2 N–H and O–H groups in total. The number of carbonyl (C=O) groups is 1. The van der Waals surface area contributed by atoms with Gasteiger partial charge in [0.15, 0.2) is 0 Å². The van der Waals surface area contributed by atoms with Crippen LogP contribution < -0.4 is 5.32 Å². The van der Waals surface area contributed by atoms with E-state index in [1.165, 1.54) is 83.5 Å². The summed E-state index contributed by atoms with van der Waals surface area (Å²) < 4.78 is -0.0933. The maximum absolute atomic E-state index is 12.1. The van der Waals surface area contributed by atoms with E-state index in [9.17, 15) is 10.0 Å². The van der Waals surface area contributed by atoms with E-state index in [0.717, 1.165) is 25.7 Å². The maximum Gasteiger partial charge on any atom is 0.220 e. The lowest BCUT2D eigenvalue weighted by molar-refractivity contribution is -1.07. The smallest absolute Gasteiger partial charge is 0.220 e. The van der Waals surface area contributed by atoms with Gasteiger partial charge in [-0.2, -0.15) is 4.65 Å². The summed E-state index contributed by atoms with van der Waals surface area (Å²) in [5, 5.41) is 13.0. The van der Waals surface area contributed by atoms with Crippen molar-refractivity contribution in [2.24, 2.45) is 0 Å². The van der Waals surface area contributed by atoms with Gasteiger partial charge in [-0.05, 0) is 12.8 Å². The van der Waals surface area contributed by atoms with Crippen molar-refractivity contribution in [1.29, 1.82) is 0 Å². The number of unbranched alkanes of at least 4 members (excludes halogenated alkanes) is 14. The van der Waals surface area contributed by atoms with E-state index in [0.29, 0.717) is 13.0 Å². The van der Waals surface area contributed by atoms with Crippen LogP contribution in [0.5, 0.6) is 0 Å². The molecule has 1 atom stereocenters. The van der Waals surface area contributed by atoms with Gasteiger partial charge in [-0.15, -0.1) is 0 Å². The standard InChI is InChI=1S/C25H52N2O2/c1-5-7-8-9-10-11-12-13-14-15-16-17-18-19-20-22-25(28)26-24(21-6-2)23-27(3,4)29/h24,29H,5-23H2,1-4H3/p+1. The second-order valence-electron chi connectivity index (χ2n) is 9.56. The highest BCUT2D eigenvalue weighted by atomic mass is 16.5. The molecule has 0 aliphatic heterocycles. The molecule has 0 radical (unpaired) electrons. The highest BCUT2D eigenvalue weighted by molar-refractivity contribution is 5.76. The summed E-state index contributed by atoms with van der Waals surface area (Å²) in [6.45, 7) is 4.96. The Morgan fingerprint density at radius 3 is 1.52 bits per heavy atom. The monoisotopic (exact) mass is 413 g/mol. The van der Waals surface area contributed by atoms with Crippen molar-refractivity contribution < 1.29 is 14.6 Å². The van der Waals surface area contributed by atoms with Gasteiger partial charge in [-0.25, -0.2) is 5.21 Å². The van der Waals surface area contributed by atoms with Crippen LogP contribution in [0, 0.1) is 0 Å². The van der Waals surface area contributed by atoms with E-state index in [1.807, 2.05) is 0 Å². The van der Waals surface area contributed by atoms with Crippen molar-refractivity contribution in [1.82, 2.24) is 5.32 Å². The lowest BCUT2D eigenvalue weighted by Gasteiger charge is -2.26. The van der Waals surface area contributed by atoms with Gasteiger partial charge in [0.05, 0.1) is 20.1 Å². The Morgan fingerprint density at radius 2 is 1.14 bits per heavy atom. The van der Waals surface area contributed by atoms with Crippen LogP contribution in [0.1, 0.15) is 129 Å². The Hall–Kier alpha value is -0.610. The fraction of sp³-hybridized carbons (Fsp3) is 0.960. The van der Waals surface area contributed by atoms with Crippen LogP contribution in [-0.2, 0) is 4.79 Å². The Balaban J connectivity index is 3.45. The van der Waals surface area contributed by atoms with E-state index in [4.69, 9.17) is 0 Å². The average Bonchev–Trinajstić information content (AvgIpc) is 2.63. The second kappa shape index (κ2) is 19.4. The Morgan fingerprint density at radius 1 is 0.724 bits per heavy atom. The third-order valence-corrected chi connectivity index (χ3v) is 5.68. The fourth-order valence-corrected chi connectivity index (χ4v) is 4.05. The Kier molecular flexibility index (Phi) is 19.0. The Labute approximate surface area is 182 Å². The molecule has 0 aliphatic rings. The first-order valence-electron chi connectivity index (χ1n) is 12.7. The summed E-state index contributed by atoms with van der Waals surface area (Å²) in [5.41, 5.74) is 0. The summed E-state index contributed by atoms with van der Waals surface area (Å²) in [4.78, 5) is 12.1. The van der Waals surface area contributed by atoms with Gasteiger partial charge < -0.3 is 5.32 Å². The first-order valence-corrected chi connectivity index (χ1v) is 12.7. The van der Waals surface area contributed by atoms with Gasteiger partial charge in [0, 0.05) is 6.42 Å². The third kappa shape index (κ3) is 21.9. The van der Waals surface area contributed by atoms with Crippen molar-refractivity contribution in [3.8, 4) is 0 Å². The van der Waals surface area contributed by atoms with Crippen LogP contribution in [0.2, 0.25) is 0 Å². The normalized spacial score (nSPS) is 12.9. The van der Waals surface area contributed by atoms with E-state index < -0.39 is 0 Å². The third-order valence-electron chi connectivity index (χ3n) is 5.68. The van der Waals surface area contributed by atoms with Gasteiger partial charge >= 0.3 is 0 Å². The number of hydroxylamine groups is 3. The number of quaternary nitrogens is 1. The minimum Gasteiger partial charge on any atom is -0.348 e. The number of nitrogens with one attached hydrogen (secondary N) is 1. The van der Waals surface area contributed by atoms with E-state index >= 15 is 0 Å². The van der Waals surface area contributed by atoms with Crippen LogP contribution in [-0.4, -0.2) is 42.4 Å². The average molecular weight is 414 g/mol. The van der Waals surface area contributed by atoms with Crippen molar-refractivity contribution in [2.45, 2.75) is 135 Å². The molecule has 0 aromatic rings. The van der Waals surface area contributed by atoms with Crippen molar-refractivity contribution in [3.05, 3.63) is 0 Å². The molecule has 1 amide bonds. The highest BCUT2D eigenvalue weighted by Gasteiger charge is 2.21.